The highest BCUT2D eigenvalue weighted by Gasteiger charge is 2.07. The van der Waals surface area contributed by atoms with Gasteiger partial charge < -0.3 is 24.8 Å². The number of methoxy groups -OCH3 is 2. The van der Waals surface area contributed by atoms with Gasteiger partial charge in [-0.25, -0.2) is 4.99 Å². The Morgan fingerprint density at radius 3 is 2.44 bits per heavy atom. The van der Waals surface area contributed by atoms with Crippen LogP contribution in [0.5, 0.6) is 11.5 Å². The third-order valence-electron chi connectivity index (χ3n) is 3.90. The van der Waals surface area contributed by atoms with Crippen molar-refractivity contribution in [2.75, 3.05) is 32.7 Å². The quantitative estimate of drug-likeness (QED) is 0.518. The van der Waals surface area contributed by atoms with Crippen LogP contribution in [0, 0.1) is 0 Å². The van der Waals surface area contributed by atoms with Gasteiger partial charge in [-0.2, -0.15) is 0 Å². The molecule has 2 aromatic rings. The van der Waals surface area contributed by atoms with E-state index in [1.54, 1.807) is 14.2 Å². The second-order valence-corrected chi connectivity index (χ2v) is 5.82. The fourth-order valence-electron chi connectivity index (χ4n) is 2.64. The lowest BCUT2D eigenvalue weighted by Crippen LogP contribution is -2.30. The summed E-state index contributed by atoms with van der Waals surface area (Å²) in [4.78, 5) is 4.70. The van der Waals surface area contributed by atoms with E-state index < -0.39 is 0 Å². The van der Waals surface area contributed by atoms with Gasteiger partial charge in [-0.1, -0.05) is 24.3 Å². The van der Waals surface area contributed by atoms with Crippen LogP contribution in [0.3, 0.4) is 0 Å². The van der Waals surface area contributed by atoms with Crippen molar-refractivity contribution in [1.29, 1.82) is 0 Å². The average molecular weight is 371 g/mol. The van der Waals surface area contributed by atoms with Crippen molar-refractivity contribution in [1.82, 2.24) is 5.32 Å². The van der Waals surface area contributed by atoms with E-state index in [0.29, 0.717) is 31.5 Å². The summed E-state index contributed by atoms with van der Waals surface area (Å²) in [5, 5.41) is 6.58. The third-order valence-corrected chi connectivity index (χ3v) is 3.90. The lowest BCUT2D eigenvalue weighted by atomic mass is 10.1. The molecule has 6 nitrogen and oxygen atoms in total. The molecule has 0 atom stereocenters. The molecule has 0 unspecified atom stereocenters. The second-order valence-electron chi connectivity index (χ2n) is 5.82. The van der Waals surface area contributed by atoms with Crippen LogP contribution in [0.15, 0.2) is 47.5 Å². The highest BCUT2D eigenvalue weighted by atomic mass is 16.5. The van der Waals surface area contributed by atoms with Gasteiger partial charge >= 0.3 is 0 Å². The fourth-order valence-corrected chi connectivity index (χ4v) is 2.64. The van der Waals surface area contributed by atoms with Gasteiger partial charge in [-0.15, -0.1) is 0 Å². The fraction of sp³-hybridized carbons (Fsp3) is 0.381. The van der Waals surface area contributed by atoms with Crippen molar-refractivity contribution in [3.8, 4) is 11.5 Å². The molecule has 0 fully saturated rings. The molecule has 2 aromatic carbocycles. The summed E-state index contributed by atoms with van der Waals surface area (Å²) < 4.78 is 16.2. The lowest BCUT2D eigenvalue weighted by molar-refractivity contribution is 0.184. The van der Waals surface area contributed by atoms with Gasteiger partial charge in [0.2, 0.25) is 0 Å². The van der Waals surface area contributed by atoms with Gasteiger partial charge in [0, 0.05) is 25.4 Å². The molecule has 0 heterocycles. The molecule has 0 radical (unpaired) electrons. The van der Waals surface area contributed by atoms with Crippen LogP contribution in [-0.2, 0) is 17.9 Å². The number of aliphatic imine (C=N–C) groups is 1. The minimum Gasteiger partial charge on any atom is -0.493 e. The van der Waals surface area contributed by atoms with Gasteiger partial charge in [0.1, 0.15) is 0 Å². The van der Waals surface area contributed by atoms with E-state index in [4.69, 9.17) is 19.2 Å². The highest BCUT2D eigenvalue weighted by Crippen LogP contribution is 2.30. The first-order chi connectivity index (χ1) is 13.2. The summed E-state index contributed by atoms with van der Waals surface area (Å²) in [6.07, 6.45) is 0. The van der Waals surface area contributed by atoms with Crippen molar-refractivity contribution in [3.63, 3.8) is 0 Å². The normalized spacial score (nSPS) is 11.2. The molecule has 0 saturated heterocycles. The van der Waals surface area contributed by atoms with Crippen LogP contribution < -0.4 is 20.1 Å². The maximum Gasteiger partial charge on any atom is 0.196 e. The van der Waals surface area contributed by atoms with Gasteiger partial charge in [-0.3, -0.25) is 0 Å². The molecule has 0 amide bonds. The number of guanidine groups is 1. The van der Waals surface area contributed by atoms with E-state index >= 15 is 0 Å². The van der Waals surface area contributed by atoms with Gasteiger partial charge in [0.15, 0.2) is 17.5 Å². The number of rotatable bonds is 9. The molecular formula is C21H29N3O3. The zero-order valence-electron chi connectivity index (χ0n) is 16.5. The maximum absolute atomic E-state index is 5.57. The van der Waals surface area contributed by atoms with Crippen molar-refractivity contribution in [2.45, 2.75) is 27.0 Å². The Bertz CT molecular complexity index is 747. The Morgan fingerprint density at radius 1 is 1.00 bits per heavy atom. The first-order valence-corrected chi connectivity index (χ1v) is 9.13. The number of anilines is 1. The van der Waals surface area contributed by atoms with Crippen LogP contribution >= 0.6 is 0 Å². The van der Waals surface area contributed by atoms with Crippen LogP contribution in [-0.4, -0.2) is 33.3 Å². The average Bonchev–Trinajstić information content (AvgIpc) is 2.69. The zero-order valence-corrected chi connectivity index (χ0v) is 16.5. The molecule has 0 bridgehead atoms. The topological polar surface area (TPSA) is 64.1 Å². The Morgan fingerprint density at radius 2 is 1.78 bits per heavy atom. The number of hydrogen-bond acceptors (Lipinski definition) is 4. The summed E-state index contributed by atoms with van der Waals surface area (Å²) in [7, 11) is 3.33. The summed E-state index contributed by atoms with van der Waals surface area (Å²) in [6, 6.07) is 13.9. The molecule has 0 saturated carbocycles. The molecule has 0 aromatic heterocycles. The Kier molecular flexibility index (Phi) is 8.45. The summed E-state index contributed by atoms with van der Waals surface area (Å²) in [5.41, 5.74) is 3.16. The molecule has 0 aliphatic carbocycles. The van der Waals surface area contributed by atoms with E-state index in [1.165, 1.54) is 0 Å². The molecule has 0 aliphatic rings. The molecular weight excluding hydrogens is 342 g/mol. The van der Waals surface area contributed by atoms with Crippen LogP contribution in [0.25, 0.3) is 0 Å². The standard InChI is InChI=1S/C21H29N3O3/c1-5-22-21(23-14-16-9-7-8-10-17(16)15-25-3)24-18-11-12-19(27-6-2)20(13-18)26-4/h7-13H,5-6,14-15H2,1-4H3,(H2,22,23,24). The van der Waals surface area contributed by atoms with Crippen LogP contribution in [0.1, 0.15) is 25.0 Å². The van der Waals surface area contributed by atoms with Crippen molar-refractivity contribution in [2.24, 2.45) is 4.99 Å². The van der Waals surface area contributed by atoms with Crippen LogP contribution in [0.4, 0.5) is 5.69 Å². The molecule has 0 aliphatic heterocycles. The third kappa shape index (κ3) is 6.18. The smallest absolute Gasteiger partial charge is 0.196 e. The van der Waals surface area contributed by atoms with Crippen molar-refractivity contribution >= 4 is 11.6 Å². The first-order valence-electron chi connectivity index (χ1n) is 9.13. The largest absolute Gasteiger partial charge is 0.493 e. The van der Waals surface area contributed by atoms with Crippen molar-refractivity contribution < 1.29 is 14.2 Å². The minimum absolute atomic E-state index is 0.559. The van der Waals surface area contributed by atoms with E-state index in [0.717, 1.165) is 29.1 Å². The molecule has 0 spiro atoms. The number of benzene rings is 2. The number of ether oxygens (including phenoxy) is 3. The summed E-state index contributed by atoms with van der Waals surface area (Å²) in [6.45, 7) is 6.47. The van der Waals surface area contributed by atoms with Gasteiger partial charge in [0.05, 0.1) is 26.9 Å². The SMILES string of the molecule is CCNC(=NCc1ccccc1COC)Nc1ccc(OCC)c(OC)c1. The Balaban J connectivity index is 2.16. The zero-order chi connectivity index (χ0) is 19.5. The summed E-state index contributed by atoms with van der Waals surface area (Å²) >= 11 is 0. The van der Waals surface area contributed by atoms with Crippen molar-refractivity contribution in [3.05, 3.63) is 53.6 Å². The maximum atomic E-state index is 5.57. The Hall–Kier alpha value is -2.73. The van der Waals surface area contributed by atoms with Crippen LogP contribution in [0.2, 0.25) is 0 Å². The monoisotopic (exact) mass is 371 g/mol. The molecule has 27 heavy (non-hydrogen) atoms. The predicted octanol–water partition coefficient (Wildman–Crippen LogP) is 3.82. The number of hydrogen-bond donors (Lipinski definition) is 2. The highest BCUT2D eigenvalue weighted by molar-refractivity contribution is 5.93. The molecule has 2 rings (SSSR count). The van der Waals surface area contributed by atoms with Gasteiger partial charge in [0.25, 0.3) is 0 Å². The predicted molar refractivity (Wildman–Crippen MR) is 110 cm³/mol. The molecule has 2 N–H and O–H groups in total. The van der Waals surface area contributed by atoms with E-state index in [-0.39, 0.29) is 0 Å². The lowest BCUT2D eigenvalue weighted by Gasteiger charge is -2.15. The minimum atomic E-state index is 0.559. The Labute approximate surface area is 161 Å². The summed E-state index contributed by atoms with van der Waals surface area (Å²) in [5.74, 6) is 2.11. The molecule has 6 heteroatoms. The second kappa shape index (κ2) is 11.1. The van der Waals surface area contributed by atoms with E-state index in [9.17, 15) is 0 Å². The molecule has 146 valence electrons. The number of nitrogens with zero attached hydrogens (tertiary/aromatic N) is 1. The first kappa shape index (κ1) is 20.6. The van der Waals surface area contributed by atoms with E-state index in [1.807, 2.05) is 44.2 Å². The number of nitrogens with one attached hydrogen (secondary N) is 2. The van der Waals surface area contributed by atoms with Gasteiger partial charge in [-0.05, 0) is 37.1 Å². The van der Waals surface area contributed by atoms with E-state index in [2.05, 4.69) is 22.8 Å².